The zero-order chi connectivity index (χ0) is 20.7. The molecule has 0 aliphatic carbocycles. The lowest BCUT2D eigenvalue weighted by molar-refractivity contribution is -0.116. The summed E-state index contributed by atoms with van der Waals surface area (Å²) in [6, 6.07) is 18.4. The Morgan fingerprint density at radius 2 is 2.00 bits per heavy atom. The molecule has 0 atom stereocenters. The molecule has 2 N–H and O–H groups in total. The van der Waals surface area contributed by atoms with Gasteiger partial charge in [-0.2, -0.15) is 0 Å². The number of aryl methyl sites for hydroxylation is 3. The highest BCUT2D eigenvalue weighted by molar-refractivity contribution is 6.09. The van der Waals surface area contributed by atoms with Gasteiger partial charge in [0.1, 0.15) is 5.65 Å². The molecule has 0 radical (unpaired) electrons. The van der Waals surface area contributed by atoms with Crippen molar-refractivity contribution < 1.29 is 4.79 Å². The number of carbonyl (C=O) groups is 1. The van der Waals surface area contributed by atoms with Crippen LogP contribution < -0.4 is 5.32 Å². The number of nitrogens with one attached hydrogen (secondary N) is 2. The van der Waals surface area contributed by atoms with Crippen LogP contribution in [0, 0.1) is 6.92 Å². The zero-order valence-electron chi connectivity index (χ0n) is 17.2. The van der Waals surface area contributed by atoms with Crippen molar-refractivity contribution in [2.75, 3.05) is 5.32 Å². The van der Waals surface area contributed by atoms with E-state index in [2.05, 4.69) is 50.9 Å². The number of carbonyl (C=O) groups excluding carboxylic acids is 1. The van der Waals surface area contributed by atoms with Gasteiger partial charge in [-0.3, -0.25) is 4.79 Å². The van der Waals surface area contributed by atoms with Crippen LogP contribution in [-0.4, -0.2) is 20.3 Å². The van der Waals surface area contributed by atoms with E-state index in [4.69, 9.17) is 0 Å². The number of nitrogens with zero attached hydrogens (tertiary/aromatic N) is 2. The van der Waals surface area contributed by atoms with Gasteiger partial charge in [0.2, 0.25) is 5.91 Å². The van der Waals surface area contributed by atoms with Crippen molar-refractivity contribution in [3.63, 3.8) is 0 Å². The summed E-state index contributed by atoms with van der Waals surface area (Å²) >= 11 is 0. The van der Waals surface area contributed by atoms with Crippen LogP contribution in [0.4, 0.5) is 5.69 Å². The smallest absolute Gasteiger partial charge is 0.224 e. The lowest BCUT2D eigenvalue weighted by Crippen LogP contribution is -2.13. The number of imidazole rings is 1. The maximum absolute atomic E-state index is 12.6. The SMILES string of the molecule is CCc1cccc2c1[nH]c1cc(NC(=O)CCc3c(C)nc4ccccn34)ccc12. The number of hydrogen-bond acceptors (Lipinski definition) is 2. The first-order chi connectivity index (χ1) is 14.6. The van der Waals surface area contributed by atoms with Crippen LogP contribution in [0.5, 0.6) is 0 Å². The number of H-pyrrole nitrogens is 1. The fourth-order valence-corrected chi connectivity index (χ4v) is 4.28. The molecule has 0 aliphatic rings. The Labute approximate surface area is 174 Å². The molecular formula is C25H24N4O. The summed E-state index contributed by atoms with van der Waals surface area (Å²) in [5.74, 6) is 0.00462. The molecule has 0 fully saturated rings. The maximum Gasteiger partial charge on any atom is 0.224 e. The first kappa shape index (κ1) is 18.4. The fraction of sp³-hybridized carbons (Fsp3) is 0.200. The third-order valence-corrected chi connectivity index (χ3v) is 5.80. The monoisotopic (exact) mass is 396 g/mol. The van der Waals surface area contributed by atoms with E-state index in [9.17, 15) is 4.79 Å². The first-order valence-corrected chi connectivity index (χ1v) is 10.4. The minimum atomic E-state index is 0.00462. The molecule has 0 bridgehead atoms. The minimum absolute atomic E-state index is 0.00462. The molecule has 3 aromatic heterocycles. The molecule has 30 heavy (non-hydrogen) atoms. The van der Waals surface area contributed by atoms with Gasteiger partial charge in [-0.1, -0.05) is 37.3 Å². The first-order valence-electron chi connectivity index (χ1n) is 10.4. The van der Waals surface area contributed by atoms with Gasteiger partial charge in [-0.05, 0) is 49.6 Å². The number of benzene rings is 2. The van der Waals surface area contributed by atoms with Crippen LogP contribution in [0.2, 0.25) is 0 Å². The Kier molecular flexibility index (Phi) is 4.51. The Balaban J connectivity index is 1.35. The average molecular weight is 396 g/mol. The summed E-state index contributed by atoms with van der Waals surface area (Å²) in [7, 11) is 0. The number of aromatic nitrogens is 3. The minimum Gasteiger partial charge on any atom is -0.354 e. The summed E-state index contributed by atoms with van der Waals surface area (Å²) in [6.45, 7) is 4.16. The number of fused-ring (bicyclic) bond motifs is 4. The zero-order valence-corrected chi connectivity index (χ0v) is 17.2. The summed E-state index contributed by atoms with van der Waals surface area (Å²) in [6.07, 6.45) is 4.04. The summed E-state index contributed by atoms with van der Waals surface area (Å²) < 4.78 is 2.06. The molecule has 0 unspecified atom stereocenters. The van der Waals surface area contributed by atoms with Gasteiger partial charge in [0, 0.05) is 45.8 Å². The molecule has 5 nitrogen and oxygen atoms in total. The van der Waals surface area contributed by atoms with Gasteiger partial charge in [0.25, 0.3) is 0 Å². The Bertz CT molecular complexity index is 1390. The molecule has 150 valence electrons. The van der Waals surface area contributed by atoms with E-state index < -0.39 is 0 Å². The van der Waals surface area contributed by atoms with Crippen molar-refractivity contribution in [3.05, 3.63) is 77.7 Å². The van der Waals surface area contributed by atoms with E-state index in [1.54, 1.807) is 0 Å². The third kappa shape index (κ3) is 3.12. The van der Waals surface area contributed by atoms with Crippen molar-refractivity contribution in [1.82, 2.24) is 14.4 Å². The second kappa shape index (κ2) is 7.34. The van der Waals surface area contributed by atoms with Gasteiger partial charge in [-0.15, -0.1) is 0 Å². The molecule has 0 saturated carbocycles. The Hall–Kier alpha value is -3.60. The molecule has 3 heterocycles. The van der Waals surface area contributed by atoms with Crippen LogP contribution in [0.3, 0.4) is 0 Å². The number of aromatic amines is 1. The molecule has 5 aromatic rings. The second-order valence-electron chi connectivity index (χ2n) is 7.70. The lowest BCUT2D eigenvalue weighted by Gasteiger charge is -2.06. The van der Waals surface area contributed by atoms with Crippen LogP contribution in [0.1, 0.15) is 30.3 Å². The predicted octanol–water partition coefficient (Wildman–Crippen LogP) is 5.41. The standard InChI is InChI=1S/C25H24N4O/c1-3-17-7-6-8-20-19-11-10-18(15-21(19)28-25(17)20)27-24(30)13-12-22-16(2)26-23-9-4-5-14-29(22)23/h4-11,14-15,28H,3,12-13H2,1-2H3,(H,27,30). The number of anilines is 1. The number of amides is 1. The number of para-hydroxylation sites is 1. The Morgan fingerprint density at radius 3 is 2.87 bits per heavy atom. The molecule has 5 heteroatoms. The fourth-order valence-electron chi connectivity index (χ4n) is 4.28. The van der Waals surface area contributed by atoms with E-state index in [0.29, 0.717) is 12.8 Å². The van der Waals surface area contributed by atoms with E-state index >= 15 is 0 Å². The summed E-state index contributed by atoms with van der Waals surface area (Å²) in [5.41, 5.74) is 7.31. The highest BCUT2D eigenvalue weighted by atomic mass is 16.1. The van der Waals surface area contributed by atoms with Crippen molar-refractivity contribution in [2.24, 2.45) is 0 Å². The molecule has 0 saturated heterocycles. The van der Waals surface area contributed by atoms with E-state index in [1.165, 1.54) is 21.9 Å². The normalized spacial score (nSPS) is 11.5. The average Bonchev–Trinajstić information content (AvgIpc) is 3.28. The molecule has 1 amide bonds. The molecular weight excluding hydrogens is 372 g/mol. The maximum atomic E-state index is 12.6. The van der Waals surface area contributed by atoms with Crippen LogP contribution in [0.15, 0.2) is 60.8 Å². The predicted molar refractivity (Wildman–Crippen MR) is 122 cm³/mol. The van der Waals surface area contributed by atoms with Gasteiger partial charge in [-0.25, -0.2) is 4.98 Å². The molecule has 0 spiro atoms. The van der Waals surface area contributed by atoms with Crippen molar-refractivity contribution in [3.8, 4) is 0 Å². The van der Waals surface area contributed by atoms with Gasteiger partial charge >= 0.3 is 0 Å². The quantitative estimate of drug-likeness (QED) is 0.417. The topological polar surface area (TPSA) is 62.2 Å². The van der Waals surface area contributed by atoms with E-state index in [1.807, 2.05) is 43.5 Å². The molecule has 0 aliphatic heterocycles. The summed E-state index contributed by atoms with van der Waals surface area (Å²) in [4.78, 5) is 20.7. The van der Waals surface area contributed by atoms with E-state index in [-0.39, 0.29) is 5.91 Å². The van der Waals surface area contributed by atoms with E-state index in [0.717, 1.165) is 34.7 Å². The highest BCUT2D eigenvalue weighted by Crippen LogP contribution is 2.29. The van der Waals surface area contributed by atoms with Crippen LogP contribution in [0.25, 0.3) is 27.5 Å². The molecule has 5 rings (SSSR count). The number of rotatable bonds is 5. The summed E-state index contributed by atoms with van der Waals surface area (Å²) in [5, 5.41) is 5.46. The van der Waals surface area contributed by atoms with Gasteiger partial charge in [0.15, 0.2) is 0 Å². The van der Waals surface area contributed by atoms with Crippen molar-refractivity contribution in [2.45, 2.75) is 33.1 Å². The van der Waals surface area contributed by atoms with Crippen molar-refractivity contribution in [1.29, 1.82) is 0 Å². The largest absolute Gasteiger partial charge is 0.354 e. The van der Waals surface area contributed by atoms with Gasteiger partial charge in [0.05, 0.1) is 5.69 Å². The highest BCUT2D eigenvalue weighted by Gasteiger charge is 2.12. The van der Waals surface area contributed by atoms with Crippen molar-refractivity contribution >= 4 is 39.0 Å². The lowest BCUT2D eigenvalue weighted by atomic mass is 10.1. The van der Waals surface area contributed by atoms with Crippen LogP contribution >= 0.6 is 0 Å². The number of hydrogen-bond donors (Lipinski definition) is 2. The Morgan fingerprint density at radius 1 is 1.10 bits per heavy atom. The molecule has 2 aromatic carbocycles. The van der Waals surface area contributed by atoms with Gasteiger partial charge < -0.3 is 14.7 Å². The third-order valence-electron chi connectivity index (χ3n) is 5.80. The number of pyridine rings is 1. The second-order valence-corrected chi connectivity index (χ2v) is 7.70. The van der Waals surface area contributed by atoms with Crippen LogP contribution in [-0.2, 0) is 17.6 Å².